The Hall–Kier alpha value is -1.56. The average Bonchev–Trinajstić information content (AvgIpc) is 2.75. The number of nitrogens with one attached hydrogen (secondary N) is 2. The zero-order valence-electron chi connectivity index (χ0n) is 7.82. The summed E-state index contributed by atoms with van der Waals surface area (Å²) in [5.41, 5.74) is -0.348. The monoisotopic (exact) mass is 226 g/mol. The van der Waals surface area contributed by atoms with Gasteiger partial charge in [-0.2, -0.15) is 11.3 Å². The maximum atomic E-state index is 11.4. The summed E-state index contributed by atoms with van der Waals surface area (Å²) in [7, 11) is 0. The number of rotatable bonds is 3. The lowest BCUT2D eigenvalue weighted by Gasteiger charge is -2.12. The summed E-state index contributed by atoms with van der Waals surface area (Å²) in [4.78, 5) is 22.2. The van der Waals surface area contributed by atoms with Crippen LogP contribution in [0.5, 0.6) is 0 Å². The molecule has 80 valence electrons. The second-order valence-electron chi connectivity index (χ2n) is 3.48. The van der Waals surface area contributed by atoms with E-state index in [-0.39, 0.29) is 0 Å². The normalized spacial score (nSPS) is 16.8. The quantitative estimate of drug-likeness (QED) is 0.730. The van der Waals surface area contributed by atoms with Gasteiger partial charge in [-0.1, -0.05) is 0 Å². The van der Waals surface area contributed by atoms with E-state index in [1.165, 1.54) is 11.3 Å². The van der Waals surface area contributed by atoms with E-state index in [4.69, 9.17) is 5.11 Å². The number of amides is 2. The van der Waals surface area contributed by atoms with Crippen LogP contribution in [0.15, 0.2) is 16.8 Å². The first-order valence-corrected chi connectivity index (χ1v) is 5.41. The summed E-state index contributed by atoms with van der Waals surface area (Å²) in [6, 6.07) is 1.29. The Morgan fingerprint density at radius 2 is 2.20 bits per heavy atom. The number of aliphatic carboxylic acids is 1. The molecule has 0 aromatic carbocycles. The lowest BCUT2D eigenvalue weighted by Crippen LogP contribution is -2.45. The molecule has 15 heavy (non-hydrogen) atoms. The molecule has 1 saturated carbocycles. The van der Waals surface area contributed by atoms with Crippen molar-refractivity contribution in [1.82, 2.24) is 5.32 Å². The average molecular weight is 226 g/mol. The first kappa shape index (κ1) is 9.97. The third kappa shape index (κ3) is 2.10. The van der Waals surface area contributed by atoms with Gasteiger partial charge in [0.15, 0.2) is 0 Å². The lowest BCUT2D eigenvalue weighted by atomic mass is 10.3. The lowest BCUT2D eigenvalue weighted by molar-refractivity contribution is -0.140. The summed E-state index contributed by atoms with van der Waals surface area (Å²) in [5.74, 6) is -0.969. The fraction of sp³-hybridized carbons (Fsp3) is 0.333. The van der Waals surface area contributed by atoms with E-state index < -0.39 is 17.5 Å². The van der Waals surface area contributed by atoms with Crippen molar-refractivity contribution in [3.05, 3.63) is 16.8 Å². The Labute approximate surface area is 90.1 Å². The van der Waals surface area contributed by atoms with Gasteiger partial charge >= 0.3 is 12.0 Å². The molecule has 0 aliphatic heterocycles. The number of anilines is 1. The van der Waals surface area contributed by atoms with E-state index in [9.17, 15) is 9.59 Å². The number of hydrogen-bond acceptors (Lipinski definition) is 3. The molecule has 0 atom stereocenters. The molecule has 1 aliphatic rings. The van der Waals surface area contributed by atoms with Crippen LogP contribution < -0.4 is 10.6 Å². The number of carbonyl (C=O) groups excluding carboxylic acids is 1. The van der Waals surface area contributed by atoms with Gasteiger partial charge in [-0.25, -0.2) is 9.59 Å². The molecule has 1 heterocycles. The van der Waals surface area contributed by atoms with Crippen LogP contribution in [0.25, 0.3) is 0 Å². The number of carboxylic acid groups (broad SMARTS) is 1. The molecule has 6 heteroatoms. The zero-order valence-corrected chi connectivity index (χ0v) is 8.63. The number of carbonyl (C=O) groups is 2. The van der Waals surface area contributed by atoms with Crippen LogP contribution in [-0.4, -0.2) is 22.6 Å². The molecule has 1 aliphatic carbocycles. The number of carboxylic acids is 1. The van der Waals surface area contributed by atoms with Crippen LogP contribution in [0.1, 0.15) is 12.8 Å². The predicted molar refractivity (Wildman–Crippen MR) is 56.1 cm³/mol. The van der Waals surface area contributed by atoms with Crippen molar-refractivity contribution in [3.8, 4) is 0 Å². The predicted octanol–water partition coefficient (Wildman–Crippen LogP) is 1.49. The molecule has 2 rings (SSSR count). The van der Waals surface area contributed by atoms with Crippen molar-refractivity contribution in [2.45, 2.75) is 18.4 Å². The van der Waals surface area contributed by atoms with Crippen LogP contribution in [0.4, 0.5) is 10.5 Å². The molecule has 0 bridgehead atoms. The Morgan fingerprint density at radius 3 is 2.67 bits per heavy atom. The van der Waals surface area contributed by atoms with Crippen molar-refractivity contribution in [2.75, 3.05) is 5.32 Å². The second-order valence-corrected chi connectivity index (χ2v) is 4.26. The molecule has 0 saturated heterocycles. The van der Waals surface area contributed by atoms with Crippen molar-refractivity contribution in [1.29, 1.82) is 0 Å². The van der Waals surface area contributed by atoms with Crippen LogP contribution in [0, 0.1) is 0 Å². The largest absolute Gasteiger partial charge is 0.480 e. The van der Waals surface area contributed by atoms with E-state index in [1.54, 1.807) is 11.4 Å². The summed E-state index contributed by atoms with van der Waals surface area (Å²) < 4.78 is 0. The third-order valence-electron chi connectivity index (χ3n) is 2.29. The van der Waals surface area contributed by atoms with Gasteiger partial charge < -0.3 is 15.7 Å². The Morgan fingerprint density at radius 1 is 1.47 bits per heavy atom. The Balaban J connectivity index is 1.91. The van der Waals surface area contributed by atoms with Gasteiger partial charge in [0.1, 0.15) is 5.54 Å². The highest BCUT2D eigenvalue weighted by molar-refractivity contribution is 7.08. The minimum Gasteiger partial charge on any atom is -0.480 e. The van der Waals surface area contributed by atoms with Gasteiger partial charge in [0.2, 0.25) is 0 Å². The Kier molecular flexibility index (Phi) is 2.36. The fourth-order valence-corrected chi connectivity index (χ4v) is 1.82. The molecule has 1 aromatic rings. The maximum absolute atomic E-state index is 11.4. The summed E-state index contributed by atoms with van der Waals surface area (Å²) in [5, 5.41) is 17.5. The van der Waals surface area contributed by atoms with Crippen molar-refractivity contribution >= 4 is 29.0 Å². The molecular formula is C9H10N2O3S. The minimum absolute atomic E-state index is 0.465. The van der Waals surface area contributed by atoms with Crippen molar-refractivity contribution in [2.24, 2.45) is 0 Å². The van der Waals surface area contributed by atoms with Gasteiger partial charge in [0, 0.05) is 5.38 Å². The van der Waals surface area contributed by atoms with Crippen LogP contribution >= 0.6 is 11.3 Å². The number of urea groups is 1. The second kappa shape index (κ2) is 3.54. The van der Waals surface area contributed by atoms with Crippen LogP contribution in [0.2, 0.25) is 0 Å². The van der Waals surface area contributed by atoms with Gasteiger partial charge in [-0.05, 0) is 24.3 Å². The van der Waals surface area contributed by atoms with Crippen LogP contribution in [-0.2, 0) is 4.79 Å². The van der Waals surface area contributed by atoms with Crippen molar-refractivity contribution in [3.63, 3.8) is 0 Å². The van der Waals surface area contributed by atoms with E-state index in [0.29, 0.717) is 18.5 Å². The van der Waals surface area contributed by atoms with Crippen LogP contribution in [0.3, 0.4) is 0 Å². The summed E-state index contributed by atoms with van der Waals surface area (Å²) in [6.07, 6.45) is 0.999. The fourth-order valence-electron chi connectivity index (χ4n) is 1.23. The van der Waals surface area contributed by atoms with E-state index in [1.807, 2.05) is 5.38 Å². The highest BCUT2D eigenvalue weighted by Gasteiger charge is 2.51. The van der Waals surface area contributed by atoms with E-state index in [2.05, 4.69) is 10.6 Å². The molecule has 3 N–H and O–H groups in total. The SMILES string of the molecule is O=C(Nc1ccsc1)NC1(C(=O)O)CC1. The summed E-state index contributed by atoms with van der Waals surface area (Å²) >= 11 is 1.46. The molecule has 2 amide bonds. The third-order valence-corrected chi connectivity index (χ3v) is 2.97. The van der Waals surface area contributed by atoms with Crippen molar-refractivity contribution < 1.29 is 14.7 Å². The molecule has 0 unspecified atom stereocenters. The first-order valence-electron chi connectivity index (χ1n) is 4.47. The molecule has 0 radical (unpaired) electrons. The maximum Gasteiger partial charge on any atom is 0.329 e. The van der Waals surface area contributed by atoms with Gasteiger partial charge in [-0.15, -0.1) is 0 Å². The topological polar surface area (TPSA) is 78.4 Å². The molecular weight excluding hydrogens is 216 g/mol. The molecule has 1 fully saturated rings. The summed E-state index contributed by atoms with van der Waals surface area (Å²) in [6.45, 7) is 0. The van der Waals surface area contributed by atoms with Gasteiger partial charge in [0.25, 0.3) is 0 Å². The van der Waals surface area contributed by atoms with E-state index in [0.717, 1.165) is 0 Å². The minimum atomic E-state index is -1.03. The smallest absolute Gasteiger partial charge is 0.329 e. The highest BCUT2D eigenvalue weighted by atomic mass is 32.1. The zero-order chi connectivity index (χ0) is 10.9. The molecule has 0 spiro atoms. The number of thiophene rings is 1. The van der Waals surface area contributed by atoms with E-state index >= 15 is 0 Å². The molecule has 5 nitrogen and oxygen atoms in total. The first-order chi connectivity index (χ1) is 7.12. The van der Waals surface area contributed by atoms with Gasteiger partial charge in [0.05, 0.1) is 5.69 Å². The standard InChI is InChI=1S/C9H10N2O3S/c12-7(13)9(2-3-9)11-8(14)10-6-1-4-15-5-6/h1,4-5H,2-3H2,(H,12,13)(H2,10,11,14). The number of hydrogen-bond donors (Lipinski definition) is 3. The highest BCUT2D eigenvalue weighted by Crippen LogP contribution is 2.35. The van der Waals surface area contributed by atoms with Gasteiger partial charge in [-0.3, -0.25) is 0 Å². The molecule has 1 aromatic heterocycles. The Bertz CT molecular complexity index is 384.